The van der Waals surface area contributed by atoms with E-state index in [4.69, 9.17) is 9.57 Å². The number of amides is 2. The summed E-state index contributed by atoms with van der Waals surface area (Å²) in [7, 11) is 3.01. The highest BCUT2D eigenvalue weighted by molar-refractivity contribution is 6.59. The number of rotatable bonds is 8. The van der Waals surface area contributed by atoms with E-state index < -0.39 is 24.0 Å². The number of carbonyl (C=O) groups is 3. The maximum absolute atomic E-state index is 12.1. The first-order chi connectivity index (χ1) is 13.0. The van der Waals surface area contributed by atoms with Crippen molar-refractivity contribution >= 4 is 31.4 Å². The monoisotopic (exact) mass is 375 g/mol. The van der Waals surface area contributed by atoms with E-state index >= 15 is 0 Å². The van der Waals surface area contributed by atoms with Gasteiger partial charge in [0.2, 0.25) is 5.91 Å². The third-order valence-electron chi connectivity index (χ3n) is 3.79. The van der Waals surface area contributed by atoms with Crippen LogP contribution in [-0.2, 0) is 30.5 Å². The second kappa shape index (κ2) is 10.2. The molecule has 9 nitrogen and oxygen atoms in total. The molecule has 27 heavy (non-hydrogen) atoms. The lowest BCUT2D eigenvalue weighted by molar-refractivity contribution is -0.144. The zero-order valence-electron chi connectivity index (χ0n) is 15.3. The number of hydrogen-bond donors (Lipinski definition) is 2. The summed E-state index contributed by atoms with van der Waals surface area (Å²) in [4.78, 5) is 41.0. The van der Waals surface area contributed by atoms with Gasteiger partial charge in [0, 0.05) is 12.0 Å². The number of benzene rings is 1. The molecule has 2 rings (SSSR count). The van der Waals surface area contributed by atoms with Gasteiger partial charge in [0.1, 0.15) is 18.8 Å². The van der Waals surface area contributed by atoms with E-state index in [2.05, 4.69) is 20.5 Å². The lowest BCUT2D eigenvalue weighted by atomic mass is 9.96. The number of hydrogen-bond acceptors (Lipinski definition) is 7. The first-order valence-corrected chi connectivity index (χ1v) is 8.49. The van der Waals surface area contributed by atoms with Gasteiger partial charge in [-0.15, -0.1) is 5.16 Å². The van der Waals surface area contributed by atoms with Crippen molar-refractivity contribution in [3.05, 3.63) is 35.9 Å². The molecule has 1 aromatic carbocycles. The number of nitrogens with one attached hydrogen (secondary N) is 2. The molecule has 2 amide bonds. The molecule has 1 unspecified atom stereocenters. The predicted octanol–water partition coefficient (Wildman–Crippen LogP) is -0.304. The summed E-state index contributed by atoms with van der Waals surface area (Å²) in [5.41, 5.74) is 1.65. The summed E-state index contributed by atoms with van der Waals surface area (Å²) in [5, 5.41) is 8.80. The van der Waals surface area contributed by atoms with Gasteiger partial charge in [-0.2, -0.15) is 0 Å². The topological polar surface area (TPSA) is 115 Å². The molecule has 1 aliphatic rings. The average Bonchev–Trinajstić information content (AvgIpc) is 3.09. The molecule has 0 aromatic heterocycles. The molecule has 0 aliphatic carbocycles. The predicted molar refractivity (Wildman–Crippen MR) is 98.7 cm³/mol. The lowest BCUT2D eigenvalue weighted by Crippen LogP contribution is -2.45. The highest BCUT2D eigenvalue weighted by Crippen LogP contribution is 2.07. The third kappa shape index (κ3) is 7.00. The number of nitrogens with zero attached hydrogens (tertiary/aromatic N) is 1. The molecular weight excluding hydrogens is 353 g/mol. The van der Waals surface area contributed by atoms with Crippen LogP contribution in [0, 0.1) is 0 Å². The summed E-state index contributed by atoms with van der Waals surface area (Å²) in [6, 6.07) is 7.93. The first kappa shape index (κ1) is 20.3. The van der Waals surface area contributed by atoms with Gasteiger partial charge in [0.25, 0.3) is 0 Å². The van der Waals surface area contributed by atoms with Crippen molar-refractivity contribution in [1.29, 1.82) is 0 Å². The van der Waals surface area contributed by atoms with Gasteiger partial charge in [0.15, 0.2) is 7.85 Å². The van der Waals surface area contributed by atoms with E-state index in [1.807, 2.05) is 26.0 Å². The van der Waals surface area contributed by atoms with Gasteiger partial charge >= 0.3 is 12.1 Å². The van der Waals surface area contributed by atoms with Crippen LogP contribution in [0.5, 0.6) is 0 Å². The van der Waals surface area contributed by atoms with E-state index in [9.17, 15) is 14.4 Å². The molecule has 1 aliphatic heterocycles. The normalized spacial score (nSPS) is 16.5. The Morgan fingerprint density at radius 3 is 2.70 bits per heavy atom. The quantitative estimate of drug-likeness (QED) is 0.476. The minimum Gasteiger partial charge on any atom is -0.467 e. The van der Waals surface area contributed by atoms with Gasteiger partial charge in [-0.1, -0.05) is 30.3 Å². The Morgan fingerprint density at radius 2 is 2.07 bits per heavy atom. The molecule has 10 heteroatoms. The van der Waals surface area contributed by atoms with E-state index in [0.29, 0.717) is 6.42 Å². The zero-order chi connectivity index (χ0) is 19.6. The summed E-state index contributed by atoms with van der Waals surface area (Å²) in [6.45, 7) is 0.303. The van der Waals surface area contributed by atoms with Crippen molar-refractivity contribution in [1.82, 2.24) is 10.6 Å². The van der Waals surface area contributed by atoms with E-state index in [1.54, 1.807) is 12.1 Å². The number of esters is 1. The summed E-state index contributed by atoms with van der Waals surface area (Å²) in [6.07, 6.45) is -0.690. The Labute approximate surface area is 157 Å². The highest BCUT2D eigenvalue weighted by atomic mass is 16.6. The Morgan fingerprint density at radius 1 is 1.33 bits per heavy atom. The minimum atomic E-state index is -1.15. The maximum atomic E-state index is 12.1. The van der Waals surface area contributed by atoms with Crippen LogP contribution in [-0.4, -0.2) is 57.2 Å². The molecule has 2 atom stereocenters. The van der Waals surface area contributed by atoms with Crippen molar-refractivity contribution in [3.8, 4) is 0 Å². The molecule has 0 fully saturated rings. The van der Waals surface area contributed by atoms with Crippen LogP contribution in [0.1, 0.15) is 18.4 Å². The molecule has 0 spiro atoms. The molecule has 1 heterocycles. The Hall–Kier alpha value is -3.04. The fourth-order valence-corrected chi connectivity index (χ4v) is 2.41. The minimum absolute atomic E-state index is 0.0468. The molecular formula is C17H22BN3O6. The smallest absolute Gasteiger partial charge is 0.408 e. The molecule has 0 saturated carbocycles. The van der Waals surface area contributed by atoms with Crippen LogP contribution in [0.25, 0.3) is 0 Å². The van der Waals surface area contributed by atoms with E-state index in [-0.39, 0.29) is 25.7 Å². The summed E-state index contributed by atoms with van der Waals surface area (Å²) < 4.78 is 9.70. The van der Waals surface area contributed by atoms with Gasteiger partial charge in [-0.25, -0.2) is 9.59 Å². The van der Waals surface area contributed by atoms with Crippen LogP contribution in [0.2, 0.25) is 0 Å². The number of ether oxygens (including phenoxy) is 2. The maximum Gasteiger partial charge on any atom is 0.408 e. The fraction of sp³-hybridized carbons (Fsp3) is 0.412. The number of oxime groups is 1. The van der Waals surface area contributed by atoms with Gasteiger partial charge in [-0.05, 0) is 5.56 Å². The first-order valence-electron chi connectivity index (χ1n) is 8.49. The number of methoxy groups -OCH3 is 1. The van der Waals surface area contributed by atoms with Crippen LogP contribution in [0.4, 0.5) is 4.79 Å². The molecule has 0 saturated heterocycles. The molecule has 2 N–H and O–H groups in total. The van der Waals surface area contributed by atoms with Crippen LogP contribution in [0.3, 0.4) is 0 Å². The molecule has 0 radical (unpaired) electrons. The van der Waals surface area contributed by atoms with Crippen LogP contribution in [0.15, 0.2) is 35.5 Å². The van der Waals surface area contributed by atoms with Crippen molar-refractivity contribution < 1.29 is 28.7 Å². The Bertz CT molecular complexity index is 697. The van der Waals surface area contributed by atoms with E-state index in [0.717, 1.165) is 11.2 Å². The number of carbonyl (C=O) groups excluding carboxylic acids is 3. The van der Waals surface area contributed by atoms with Gasteiger partial charge in [-0.3, -0.25) is 4.79 Å². The second-order valence-electron chi connectivity index (χ2n) is 6.05. The standard InChI is InChI=1S/C17H22BN3O6/c1-25-16(23)13(8-15(22)19-9-12-7-14(18)21-27-12)20-17(24)26-10-11-5-3-2-4-6-11/h2-6,12-13H,7-10,18H2,1H3,(H,19,22)(H,20,24)/t12?,13-/m0/s1. The Balaban J connectivity index is 1.78. The highest BCUT2D eigenvalue weighted by Gasteiger charge is 2.26. The lowest BCUT2D eigenvalue weighted by Gasteiger charge is -2.17. The number of alkyl carbamates (subject to hydrolysis) is 1. The summed E-state index contributed by atoms with van der Waals surface area (Å²) in [5.74, 6) is -1.17. The Kier molecular flexibility index (Phi) is 7.66. The fourth-order valence-electron chi connectivity index (χ4n) is 2.41. The SMILES string of the molecule is BC1=NOC(CNC(=O)C[C@H](NC(=O)OCc2ccccc2)C(=O)OC)C1. The van der Waals surface area contributed by atoms with Crippen LogP contribution >= 0.6 is 0 Å². The van der Waals surface area contributed by atoms with Gasteiger partial charge < -0.3 is 24.9 Å². The van der Waals surface area contributed by atoms with Crippen molar-refractivity contribution in [2.45, 2.75) is 31.6 Å². The van der Waals surface area contributed by atoms with Crippen molar-refractivity contribution in [2.24, 2.45) is 5.16 Å². The third-order valence-corrected chi connectivity index (χ3v) is 3.79. The largest absolute Gasteiger partial charge is 0.467 e. The van der Waals surface area contributed by atoms with Crippen molar-refractivity contribution in [2.75, 3.05) is 13.7 Å². The van der Waals surface area contributed by atoms with Gasteiger partial charge in [0.05, 0.1) is 20.1 Å². The average molecular weight is 375 g/mol. The molecule has 144 valence electrons. The second-order valence-corrected chi connectivity index (χ2v) is 6.05. The molecule has 0 bridgehead atoms. The summed E-state index contributed by atoms with van der Waals surface area (Å²) >= 11 is 0. The van der Waals surface area contributed by atoms with E-state index in [1.165, 1.54) is 7.11 Å². The zero-order valence-corrected chi connectivity index (χ0v) is 15.3. The molecule has 1 aromatic rings. The van der Waals surface area contributed by atoms with Crippen molar-refractivity contribution in [3.63, 3.8) is 0 Å². The van der Waals surface area contributed by atoms with Crippen LogP contribution < -0.4 is 10.6 Å².